The van der Waals surface area contributed by atoms with Crippen molar-refractivity contribution in [1.29, 1.82) is 0 Å². The van der Waals surface area contributed by atoms with E-state index in [-0.39, 0.29) is 23.5 Å². The normalized spacial score (nSPS) is 14.8. The van der Waals surface area contributed by atoms with Crippen LogP contribution in [0, 0.1) is 0 Å². The molecule has 0 amide bonds. The van der Waals surface area contributed by atoms with E-state index in [1.54, 1.807) is 19.1 Å². The minimum atomic E-state index is -3.42. The fraction of sp³-hybridized carbons (Fsp3) is 0.462. The van der Waals surface area contributed by atoms with E-state index in [0.29, 0.717) is 12.3 Å². The van der Waals surface area contributed by atoms with Crippen molar-refractivity contribution < 1.29 is 17.9 Å². The summed E-state index contributed by atoms with van der Waals surface area (Å²) < 4.78 is 31.3. The minimum Gasteiger partial charge on any atom is -0.465 e. The molecule has 0 aliphatic heterocycles. The van der Waals surface area contributed by atoms with Crippen molar-refractivity contribution in [2.45, 2.75) is 30.7 Å². The van der Waals surface area contributed by atoms with E-state index in [9.17, 15) is 13.2 Å². The lowest BCUT2D eigenvalue weighted by Gasteiger charge is -2.08. The molecule has 110 valence electrons. The van der Waals surface area contributed by atoms with Crippen LogP contribution in [0.3, 0.4) is 0 Å². The van der Waals surface area contributed by atoms with Crippen molar-refractivity contribution in [3.05, 3.63) is 24.3 Å². The molecule has 1 aromatic rings. The van der Waals surface area contributed by atoms with Gasteiger partial charge in [0.05, 0.1) is 11.5 Å². The molecule has 1 aromatic carbocycles. The lowest BCUT2D eigenvalue weighted by Crippen LogP contribution is -2.25. The number of rotatable bonds is 7. The summed E-state index contributed by atoms with van der Waals surface area (Å²) in [4.78, 5) is 11.4. The van der Waals surface area contributed by atoms with Gasteiger partial charge < -0.3 is 10.1 Å². The summed E-state index contributed by atoms with van der Waals surface area (Å²) in [6.07, 6.45) is 1.80. The standard InChI is InChI=1S/C13H18N2O4S/c1-2-19-13(16)9-14-10-5-7-12(8-6-10)20(17,18)15-11-3-4-11/h5-8,11,14-15H,2-4,9H2,1H3. The van der Waals surface area contributed by atoms with Crippen LogP contribution in [0.1, 0.15) is 19.8 Å². The van der Waals surface area contributed by atoms with E-state index >= 15 is 0 Å². The minimum absolute atomic E-state index is 0.0558. The van der Waals surface area contributed by atoms with E-state index in [0.717, 1.165) is 12.8 Å². The number of nitrogens with one attached hydrogen (secondary N) is 2. The molecule has 2 rings (SSSR count). The average Bonchev–Trinajstić information content (AvgIpc) is 3.20. The Morgan fingerprint density at radius 3 is 2.50 bits per heavy atom. The third kappa shape index (κ3) is 4.21. The van der Waals surface area contributed by atoms with E-state index < -0.39 is 10.0 Å². The first-order chi connectivity index (χ1) is 9.51. The van der Waals surface area contributed by atoms with Crippen molar-refractivity contribution >= 4 is 21.7 Å². The van der Waals surface area contributed by atoms with Gasteiger partial charge in [0.15, 0.2) is 0 Å². The Morgan fingerprint density at radius 2 is 1.95 bits per heavy atom. The number of carbonyl (C=O) groups excluding carboxylic acids is 1. The topological polar surface area (TPSA) is 84.5 Å². The highest BCUT2D eigenvalue weighted by molar-refractivity contribution is 7.89. The maximum absolute atomic E-state index is 11.9. The smallest absolute Gasteiger partial charge is 0.325 e. The highest BCUT2D eigenvalue weighted by atomic mass is 32.2. The molecule has 1 aliphatic carbocycles. The van der Waals surface area contributed by atoms with Crippen LogP contribution in [-0.2, 0) is 19.6 Å². The van der Waals surface area contributed by atoms with Gasteiger partial charge in [-0.05, 0) is 44.0 Å². The van der Waals surface area contributed by atoms with E-state index in [2.05, 4.69) is 10.0 Å². The molecule has 1 fully saturated rings. The molecule has 2 N–H and O–H groups in total. The average molecular weight is 298 g/mol. The predicted molar refractivity (Wildman–Crippen MR) is 74.9 cm³/mol. The van der Waals surface area contributed by atoms with Gasteiger partial charge in [-0.2, -0.15) is 0 Å². The van der Waals surface area contributed by atoms with Crippen molar-refractivity contribution in [3.8, 4) is 0 Å². The lowest BCUT2D eigenvalue weighted by atomic mass is 10.3. The Morgan fingerprint density at radius 1 is 1.30 bits per heavy atom. The fourth-order valence-electron chi connectivity index (χ4n) is 1.63. The van der Waals surface area contributed by atoms with E-state index in [4.69, 9.17) is 4.74 Å². The first-order valence-corrected chi connectivity index (χ1v) is 8.01. The second kappa shape index (κ2) is 6.23. The zero-order valence-corrected chi connectivity index (χ0v) is 12.1. The summed E-state index contributed by atoms with van der Waals surface area (Å²) >= 11 is 0. The van der Waals surface area contributed by atoms with E-state index in [1.807, 2.05) is 0 Å². The van der Waals surface area contributed by atoms with Gasteiger partial charge in [-0.25, -0.2) is 13.1 Å². The Labute approximate surface area is 118 Å². The molecule has 0 radical (unpaired) electrons. The number of hydrogen-bond donors (Lipinski definition) is 2. The summed E-state index contributed by atoms with van der Waals surface area (Å²) in [5.74, 6) is -0.348. The molecule has 0 aromatic heterocycles. The fourth-order valence-corrected chi connectivity index (χ4v) is 2.93. The lowest BCUT2D eigenvalue weighted by molar-refractivity contribution is -0.140. The Balaban J connectivity index is 1.93. The number of benzene rings is 1. The Bertz CT molecular complexity index is 565. The zero-order valence-electron chi connectivity index (χ0n) is 11.3. The predicted octanol–water partition coefficient (Wildman–Crippen LogP) is 1.10. The van der Waals surface area contributed by atoms with Crippen LogP contribution in [0.2, 0.25) is 0 Å². The second-order valence-electron chi connectivity index (χ2n) is 4.58. The molecule has 0 bridgehead atoms. The van der Waals surface area contributed by atoms with Gasteiger partial charge >= 0.3 is 5.97 Å². The van der Waals surface area contributed by atoms with Gasteiger partial charge in [0.1, 0.15) is 6.54 Å². The van der Waals surface area contributed by atoms with Crippen molar-refractivity contribution in [3.63, 3.8) is 0 Å². The molecule has 0 spiro atoms. The number of anilines is 1. The van der Waals surface area contributed by atoms with Gasteiger partial charge in [-0.1, -0.05) is 0 Å². The molecular weight excluding hydrogens is 280 g/mol. The van der Waals surface area contributed by atoms with Crippen LogP contribution < -0.4 is 10.0 Å². The highest BCUT2D eigenvalue weighted by Crippen LogP contribution is 2.22. The number of hydrogen-bond acceptors (Lipinski definition) is 5. The van der Waals surface area contributed by atoms with Crippen molar-refractivity contribution in [2.24, 2.45) is 0 Å². The Hall–Kier alpha value is -1.60. The quantitative estimate of drug-likeness (QED) is 0.736. The maximum Gasteiger partial charge on any atom is 0.325 e. The number of carbonyl (C=O) groups is 1. The van der Waals surface area contributed by atoms with Crippen LogP contribution in [-0.4, -0.2) is 33.6 Å². The molecule has 7 heteroatoms. The van der Waals surface area contributed by atoms with Gasteiger partial charge in [0, 0.05) is 11.7 Å². The number of esters is 1. The number of sulfonamides is 1. The van der Waals surface area contributed by atoms with Crippen molar-refractivity contribution in [1.82, 2.24) is 4.72 Å². The van der Waals surface area contributed by atoms with Gasteiger partial charge in [-0.15, -0.1) is 0 Å². The molecule has 0 unspecified atom stereocenters. The van der Waals surface area contributed by atoms with Crippen LogP contribution in [0.4, 0.5) is 5.69 Å². The summed E-state index contributed by atoms with van der Waals surface area (Å²) in [7, 11) is -3.42. The van der Waals surface area contributed by atoms with Crippen molar-refractivity contribution in [2.75, 3.05) is 18.5 Å². The van der Waals surface area contributed by atoms with Crippen LogP contribution in [0.25, 0.3) is 0 Å². The highest BCUT2D eigenvalue weighted by Gasteiger charge is 2.27. The summed E-state index contributed by atoms with van der Waals surface area (Å²) in [6, 6.07) is 6.36. The largest absolute Gasteiger partial charge is 0.465 e. The first-order valence-electron chi connectivity index (χ1n) is 6.53. The van der Waals surface area contributed by atoms with Gasteiger partial charge in [0.2, 0.25) is 10.0 Å². The maximum atomic E-state index is 11.9. The third-order valence-corrected chi connectivity index (χ3v) is 4.34. The van der Waals surface area contributed by atoms with Crippen LogP contribution in [0.5, 0.6) is 0 Å². The molecule has 20 heavy (non-hydrogen) atoms. The van der Waals surface area contributed by atoms with Gasteiger partial charge in [-0.3, -0.25) is 4.79 Å². The van der Waals surface area contributed by atoms with Crippen LogP contribution >= 0.6 is 0 Å². The molecular formula is C13H18N2O4S. The Kier molecular flexibility index (Phi) is 4.61. The van der Waals surface area contributed by atoms with E-state index in [1.165, 1.54) is 12.1 Å². The molecule has 1 aliphatic rings. The zero-order chi connectivity index (χ0) is 14.6. The molecule has 0 saturated heterocycles. The first kappa shape index (κ1) is 14.8. The monoisotopic (exact) mass is 298 g/mol. The summed E-state index contributed by atoms with van der Waals surface area (Å²) in [6.45, 7) is 2.13. The summed E-state index contributed by atoms with van der Waals surface area (Å²) in [5.41, 5.74) is 0.670. The van der Waals surface area contributed by atoms with Gasteiger partial charge in [0.25, 0.3) is 0 Å². The molecule has 6 nitrogen and oxygen atoms in total. The SMILES string of the molecule is CCOC(=O)CNc1ccc(S(=O)(=O)NC2CC2)cc1. The van der Waals surface area contributed by atoms with Crippen LogP contribution in [0.15, 0.2) is 29.2 Å². The third-order valence-electron chi connectivity index (χ3n) is 2.81. The second-order valence-corrected chi connectivity index (χ2v) is 6.29. The molecule has 0 heterocycles. The summed E-state index contributed by atoms with van der Waals surface area (Å²) in [5, 5.41) is 2.87. The molecule has 0 atom stereocenters. The number of ether oxygens (including phenoxy) is 1. The molecule has 1 saturated carbocycles.